The van der Waals surface area contributed by atoms with Gasteiger partial charge in [0.15, 0.2) is 46.0 Å². The van der Waals surface area contributed by atoms with Crippen molar-refractivity contribution >= 4 is 0 Å². The molecule has 0 spiro atoms. The van der Waals surface area contributed by atoms with Crippen molar-refractivity contribution in [1.29, 1.82) is 0 Å². The van der Waals surface area contributed by atoms with Crippen molar-refractivity contribution in [3.8, 4) is 46.0 Å². The van der Waals surface area contributed by atoms with E-state index in [2.05, 4.69) is 13.8 Å². The van der Waals surface area contributed by atoms with Gasteiger partial charge in [0.25, 0.3) is 0 Å². The Kier molecular flexibility index (Phi) is 14.8. The van der Waals surface area contributed by atoms with Gasteiger partial charge in [-0.3, -0.25) is 0 Å². The van der Waals surface area contributed by atoms with E-state index < -0.39 is 0 Å². The van der Waals surface area contributed by atoms with Crippen LogP contribution in [0.1, 0.15) is 63.8 Å². The summed E-state index contributed by atoms with van der Waals surface area (Å²) in [6.45, 7) is 4.27. The van der Waals surface area contributed by atoms with Crippen LogP contribution in [0.15, 0.2) is 72.8 Å². The van der Waals surface area contributed by atoms with Crippen molar-refractivity contribution < 1.29 is 40.9 Å². The average Bonchev–Trinajstić information content (AvgIpc) is 2.95. The van der Waals surface area contributed by atoms with Crippen LogP contribution in [0.5, 0.6) is 46.0 Å². The molecule has 4 rings (SSSR count). The molecule has 0 unspecified atom stereocenters. The minimum atomic E-state index is -0.107. The molecule has 0 amide bonds. The van der Waals surface area contributed by atoms with Gasteiger partial charge in [-0.25, -0.2) is 0 Å². The Morgan fingerprint density at radius 2 is 0.636 bits per heavy atom. The maximum Gasteiger partial charge on any atom is 0.157 e. The highest BCUT2D eigenvalue weighted by Gasteiger charge is 2.15. The van der Waals surface area contributed by atoms with E-state index in [9.17, 15) is 40.9 Å². The lowest BCUT2D eigenvalue weighted by Gasteiger charge is -2.20. The second kappa shape index (κ2) is 17.4. The number of phenols is 8. The molecule has 0 bridgehead atoms. The van der Waals surface area contributed by atoms with Crippen molar-refractivity contribution in [2.45, 2.75) is 67.2 Å². The first kappa shape index (κ1) is 37.3. The Bertz CT molecular complexity index is 1360. The molecule has 8 heteroatoms. The third kappa shape index (κ3) is 11.2. The first-order chi connectivity index (χ1) is 19.9. The molecule has 0 aromatic heterocycles. The first-order valence-corrected chi connectivity index (χ1v) is 14.0. The number of aryl methyl sites for hydroxylation is 2. The number of hydrogen-bond donors (Lipinski definition) is 8. The molecule has 0 heterocycles. The van der Waals surface area contributed by atoms with Crippen molar-refractivity contribution in [2.24, 2.45) is 11.8 Å². The largest absolute Gasteiger partial charge is 0.504 e. The van der Waals surface area contributed by atoms with Crippen LogP contribution in [-0.2, 0) is 25.7 Å². The fourth-order valence-electron chi connectivity index (χ4n) is 4.65. The summed E-state index contributed by atoms with van der Waals surface area (Å²) in [4.78, 5) is 0. The predicted octanol–water partition coefficient (Wildman–Crippen LogP) is 7.91. The smallest absolute Gasteiger partial charge is 0.157 e. The Morgan fingerprint density at radius 1 is 0.386 bits per heavy atom. The highest BCUT2D eigenvalue weighted by atomic mass is 16.3. The van der Waals surface area contributed by atoms with Gasteiger partial charge in [-0.1, -0.05) is 53.0 Å². The number of hydrogen-bond acceptors (Lipinski definition) is 8. The normalized spacial score (nSPS) is 11.7. The Balaban J connectivity index is 0.000000422. The monoisotopic (exact) mass is 608 g/mol. The molecule has 0 aliphatic rings. The summed E-state index contributed by atoms with van der Waals surface area (Å²) in [6, 6.07) is 19.5. The summed E-state index contributed by atoms with van der Waals surface area (Å²) >= 11 is 0. The number of rotatable bonds is 10. The molecular formula is C36H48O8. The summed E-state index contributed by atoms with van der Waals surface area (Å²) < 4.78 is 0. The Hall–Kier alpha value is -4.72. The Morgan fingerprint density at radius 3 is 0.909 bits per heavy atom. The van der Waals surface area contributed by atoms with E-state index in [-0.39, 0.29) is 60.8 Å². The predicted molar refractivity (Wildman–Crippen MR) is 175 cm³/mol. The van der Waals surface area contributed by atoms with Crippen LogP contribution < -0.4 is 0 Å². The molecule has 0 radical (unpaired) electrons. The molecule has 4 aromatic carbocycles. The van der Waals surface area contributed by atoms with Gasteiger partial charge in [-0.05, 0) is 121 Å². The van der Waals surface area contributed by atoms with E-state index in [0.29, 0.717) is 11.8 Å². The van der Waals surface area contributed by atoms with Crippen molar-refractivity contribution in [3.05, 3.63) is 95.1 Å². The lowest BCUT2D eigenvalue weighted by Crippen LogP contribution is -2.13. The van der Waals surface area contributed by atoms with Gasteiger partial charge in [0.05, 0.1) is 0 Å². The standard InChI is InChI=1S/C18H22O4.C16H18O4.2CH4/c1-11(7-13-3-5-15(19)17(21)9-13)12(2)8-14-4-6-16(20)18(22)10-14;17-13-7-5-11(9-15(13)19)3-1-2-4-12-6-8-14(18)16(20)10-12;;/h3-6,9-12,19-22H,7-8H2,1-2H3;5-10,17-20H,1-4H2;2*1H4/t11-,12+;;;. The van der Waals surface area contributed by atoms with Crippen LogP contribution in [-0.4, -0.2) is 40.9 Å². The fraction of sp³-hybridized carbons (Fsp3) is 0.333. The Labute approximate surface area is 260 Å². The fourth-order valence-corrected chi connectivity index (χ4v) is 4.65. The molecule has 44 heavy (non-hydrogen) atoms. The summed E-state index contributed by atoms with van der Waals surface area (Å²) in [5.41, 5.74) is 3.91. The minimum Gasteiger partial charge on any atom is -0.504 e. The van der Waals surface area contributed by atoms with E-state index in [4.69, 9.17) is 0 Å². The van der Waals surface area contributed by atoms with Crippen LogP contribution in [0.25, 0.3) is 0 Å². The summed E-state index contributed by atoms with van der Waals surface area (Å²) in [6.07, 6.45) is 5.09. The third-order valence-corrected chi connectivity index (χ3v) is 7.43. The van der Waals surface area contributed by atoms with Gasteiger partial charge in [0.1, 0.15) is 0 Å². The molecule has 0 fully saturated rings. The van der Waals surface area contributed by atoms with Crippen molar-refractivity contribution in [3.63, 3.8) is 0 Å². The second-order valence-electron chi connectivity index (χ2n) is 10.9. The lowest BCUT2D eigenvalue weighted by molar-refractivity contribution is 0.377. The molecule has 0 saturated heterocycles. The summed E-state index contributed by atoms with van der Waals surface area (Å²) in [7, 11) is 0. The molecular weight excluding hydrogens is 560 g/mol. The maximum absolute atomic E-state index is 9.54. The molecule has 0 saturated carbocycles. The number of benzene rings is 4. The van der Waals surface area contributed by atoms with Crippen LogP contribution in [0, 0.1) is 11.8 Å². The highest BCUT2D eigenvalue weighted by Crippen LogP contribution is 2.31. The van der Waals surface area contributed by atoms with Crippen molar-refractivity contribution in [2.75, 3.05) is 0 Å². The number of phenolic OH excluding ortho intramolecular Hbond substituents is 8. The lowest BCUT2D eigenvalue weighted by atomic mass is 9.85. The summed E-state index contributed by atoms with van der Waals surface area (Å²) in [5.74, 6) is -0.0759. The molecule has 8 nitrogen and oxygen atoms in total. The first-order valence-electron chi connectivity index (χ1n) is 14.0. The molecule has 8 N–H and O–H groups in total. The average molecular weight is 609 g/mol. The maximum atomic E-state index is 9.54. The van der Waals surface area contributed by atoms with Gasteiger partial charge in [-0.2, -0.15) is 0 Å². The van der Waals surface area contributed by atoms with E-state index in [1.165, 1.54) is 24.3 Å². The van der Waals surface area contributed by atoms with Crippen molar-refractivity contribution in [1.82, 2.24) is 0 Å². The zero-order valence-electron chi connectivity index (χ0n) is 23.9. The van der Waals surface area contributed by atoms with Crippen LogP contribution in [0.3, 0.4) is 0 Å². The van der Waals surface area contributed by atoms with Gasteiger partial charge >= 0.3 is 0 Å². The topological polar surface area (TPSA) is 162 Å². The molecule has 0 aliphatic carbocycles. The second-order valence-corrected chi connectivity index (χ2v) is 10.9. The van der Waals surface area contributed by atoms with E-state index in [0.717, 1.165) is 60.8 Å². The van der Waals surface area contributed by atoms with Gasteiger partial charge in [0.2, 0.25) is 0 Å². The van der Waals surface area contributed by atoms with E-state index >= 15 is 0 Å². The van der Waals surface area contributed by atoms with E-state index in [1.54, 1.807) is 36.4 Å². The highest BCUT2D eigenvalue weighted by molar-refractivity contribution is 5.43. The molecule has 0 aliphatic heterocycles. The third-order valence-electron chi connectivity index (χ3n) is 7.43. The van der Waals surface area contributed by atoms with Crippen LogP contribution in [0.4, 0.5) is 0 Å². The van der Waals surface area contributed by atoms with Crippen LogP contribution in [0.2, 0.25) is 0 Å². The van der Waals surface area contributed by atoms with Gasteiger partial charge in [0, 0.05) is 0 Å². The summed E-state index contributed by atoms with van der Waals surface area (Å²) in [5, 5.41) is 75.0. The zero-order chi connectivity index (χ0) is 30.8. The quantitative estimate of drug-likeness (QED) is 0.0665. The number of unbranched alkanes of at least 4 members (excludes halogenated alkanes) is 1. The van der Waals surface area contributed by atoms with Gasteiger partial charge in [-0.15, -0.1) is 0 Å². The van der Waals surface area contributed by atoms with E-state index in [1.807, 2.05) is 12.1 Å². The zero-order valence-corrected chi connectivity index (χ0v) is 23.9. The molecule has 2 atom stereocenters. The molecule has 240 valence electrons. The molecule has 4 aromatic rings. The van der Waals surface area contributed by atoms with Gasteiger partial charge < -0.3 is 40.9 Å². The SMILES string of the molecule is C.C.C[C@H](Cc1ccc(O)c(O)c1)[C@@H](C)Cc1ccc(O)c(O)c1.Oc1ccc(CCCCc2ccc(O)c(O)c2)cc1O. The minimum absolute atomic E-state index is 0. The number of aromatic hydroxyl groups is 8. The van der Waals surface area contributed by atoms with Crippen LogP contribution >= 0.6 is 0 Å².